The molecular formula is C15H16N6O. The highest BCUT2D eigenvalue weighted by atomic mass is 16.1. The standard InChI is InChI=1S/C15H16N6O/c1-3-20-10-12(8-17-20)19-15(22)13-9-18-21(11(13)2)14-6-4-5-7-16-14/h4-10H,3H2,1-2H3,(H,19,22). The Balaban J connectivity index is 1.83. The number of carbonyl (C=O) groups is 1. The van der Waals surface area contributed by atoms with Crippen LogP contribution in [0.4, 0.5) is 5.69 Å². The molecule has 3 aromatic rings. The monoisotopic (exact) mass is 296 g/mol. The number of nitrogens with zero attached hydrogens (tertiary/aromatic N) is 5. The van der Waals surface area contributed by atoms with Crippen LogP contribution in [-0.2, 0) is 6.54 Å². The van der Waals surface area contributed by atoms with Crippen LogP contribution in [0.5, 0.6) is 0 Å². The van der Waals surface area contributed by atoms with Crippen molar-refractivity contribution in [3.8, 4) is 5.82 Å². The van der Waals surface area contributed by atoms with Crippen LogP contribution in [-0.4, -0.2) is 30.5 Å². The van der Waals surface area contributed by atoms with E-state index >= 15 is 0 Å². The average Bonchev–Trinajstić information content (AvgIpc) is 3.14. The van der Waals surface area contributed by atoms with Crippen LogP contribution < -0.4 is 5.32 Å². The van der Waals surface area contributed by atoms with E-state index in [0.29, 0.717) is 17.1 Å². The molecule has 3 rings (SSSR count). The molecular weight excluding hydrogens is 280 g/mol. The molecule has 0 spiro atoms. The SMILES string of the molecule is CCn1cc(NC(=O)c2cnn(-c3ccccn3)c2C)cn1. The van der Waals surface area contributed by atoms with E-state index < -0.39 is 0 Å². The highest BCUT2D eigenvalue weighted by Gasteiger charge is 2.16. The van der Waals surface area contributed by atoms with E-state index in [2.05, 4.69) is 20.5 Å². The van der Waals surface area contributed by atoms with Gasteiger partial charge in [0.2, 0.25) is 0 Å². The van der Waals surface area contributed by atoms with Crippen LogP contribution in [0.25, 0.3) is 5.82 Å². The number of nitrogens with one attached hydrogen (secondary N) is 1. The molecule has 0 aromatic carbocycles. The fourth-order valence-electron chi connectivity index (χ4n) is 2.14. The molecule has 0 aliphatic rings. The molecule has 1 N–H and O–H groups in total. The third-order valence-electron chi connectivity index (χ3n) is 3.34. The molecule has 0 saturated heterocycles. The van der Waals surface area contributed by atoms with Gasteiger partial charge in [-0.1, -0.05) is 6.07 Å². The quantitative estimate of drug-likeness (QED) is 0.799. The lowest BCUT2D eigenvalue weighted by Crippen LogP contribution is -2.13. The van der Waals surface area contributed by atoms with Gasteiger partial charge in [-0.25, -0.2) is 9.67 Å². The van der Waals surface area contributed by atoms with Gasteiger partial charge in [0.15, 0.2) is 5.82 Å². The Morgan fingerprint density at radius 3 is 2.82 bits per heavy atom. The predicted octanol–water partition coefficient (Wildman–Crippen LogP) is 2.04. The van der Waals surface area contributed by atoms with Crippen LogP contribution in [0, 0.1) is 6.92 Å². The van der Waals surface area contributed by atoms with Crippen molar-refractivity contribution >= 4 is 11.6 Å². The first kappa shape index (κ1) is 14.0. The number of hydrogen-bond donors (Lipinski definition) is 1. The Kier molecular flexibility index (Phi) is 3.69. The summed E-state index contributed by atoms with van der Waals surface area (Å²) in [5.41, 5.74) is 1.91. The first-order valence-corrected chi connectivity index (χ1v) is 6.99. The second-order valence-corrected chi connectivity index (χ2v) is 4.78. The summed E-state index contributed by atoms with van der Waals surface area (Å²) < 4.78 is 3.39. The highest BCUT2D eigenvalue weighted by molar-refractivity contribution is 6.04. The average molecular weight is 296 g/mol. The molecule has 0 fully saturated rings. The van der Waals surface area contributed by atoms with Gasteiger partial charge in [-0.2, -0.15) is 10.2 Å². The van der Waals surface area contributed by atoms with E-state index in [9.17, 15) is 4.79 Å². The molecule has 0 radical (unpaired) electrons. The lowest BCUT2D eigenvalue weighted by atomic mass is 10.2. The van der Waals surface area contributed by atoms with Crippen LogP contribution in [0.2, 0.25) is 0 Å². The smallest absolute Gasteiger partial charge is 0.259 e. The third kappa shape index (κ3) is 2.60. The fourth-order valence-corrected chi connectivity index (χ4v) is 2.14. The van der Waals surface area contributed by atoms with Gasteiger partial charge in [0.1, 0.15) is 0 Å². The second kappa shape index (κ2) is 5.80. The minimum absolute atomic E-state index is 0.213. The van der Waals surface area contributed by atoms with Crippen molar-refractivity contribution in [2.75, 3.05) is 5.32 Å². The third-order valence-corrected chi connectivity index (χ3v) is 3.34. The van der Waals surface area contributed by atoms with E-state index in [0.717, 1.165) is 12.2 Å². The number of aromatic nitrogens is 5. The topological polar surface area (TPSA) is 77.6 Å². The normalized spacial score (nSPS) is 10.6. The molecule has 0 unspecified atom stereocenters. The Morgan fingerprint density at radius 1 is 1.27 bits per heavy atom. The van der Waals surface area contributed by atoms with Crippen LogP contribution in [0.15, 0.2) is 43.0 Å². The number of hydrogen-bond acceptors (Lipinski definition) is 4. The van der Waals surface area contributed by atoms with Gasteiger partial charge in [-0.15, -0.1) is 0 Å². The highest BCUT2D eigenvalue weighted by Crippen LogP contribution is 2.14. The largest absolute Gasteiger partial charge is 0.319 e. The second-order valence-electron chi connectivity index (χ2n) is 4.78. The van der Waals surface area contributed by atoms with Gasteiger partial charge in [0.25, 0.3) is 5.91 Å². The Bertz CT molecular complexity index is 789. The summed E-state index contributed by atoms with van der Waals surface area (Å²) in [5, 5.41) is 11.2. The summed E-state index contributed by atoms with van der Waals surface area (Å²) in [6, 6.07) is 5.55. The summed E-state index contributed by atoms with van der Waals surface area (Å²) in [5.74, 6) is 0.466. The summed E-state index contributed by atoms with van der Waals surface area (Å²) in [6.07, 6.45) is 6.65. The Morgan fingerprint density at radius 2 is 2.14 bits per heavy atom. The van der Waals surface area contributed by atoms with E-state index in [1.165, 1.54) is 0 Å². The van der Waals surface area contributed by atoms with Gasteiger partial charge in [0, 0.05) is 18.9 Å². The van der Waals surface area contributed by atoms with Crippen molar-refractivity contribution in [2.24, 2.45) is 0 Å². The zero-order valence-electron chi connectivity index (χ0n) is 12.4. The molecule has 1 amide bonds. The van der Waals surface area contributed by atoms with Gasteiger partial charge < -0.3 is 5.32 Å². The van der Waals surface area contributed by atoms with Gasteiger partial charge in [-0.3, -0.25) is 9.48 Å². The minimum Gasteiger partial charge on any atom is -0.319 e. The number of anilines is 1. The molecule has 7 heteroatoms. The summed E-state index contributed by atoms with van der Waals surface area (Å²) >= 11 is 0. The van der Waals surface area contributed by atoms with Crippen LogP contribution >= 0.6 is 0 Å². The van der Waals surface area contributed by atoms with E-state index in [-0.39, 0.29) is 5.91 Å². The lowest BCUT2D eigenvalue weighted by Gasteiger charge is -2.04. The van der Waals surface area contributed by atoms with Crippen molar-refractivity contribution in [1.82, 2.24) is 24.5 Å². The van der Waals surface area contributed by atoms with Crippen molar-refractivity contribution in [2.45, 2.75) is 20.4 Å². The maximum absolute atomic E-state index is 12.4. The predicted molar refractivity (Wildman–Crippen MR) is 82.0 cm³/mol. The van der Waals surface area contributed by atoms with Crippen molar-refractivity contribution in [3.63, 3.8) is 0 Å². The van der Waals surface area contributed by atoms with Crippen molar-refractivity contribution in [1.29, 1.82) is 0 Å². The van der Waals surface area contributed by atoms with Crippen LogP contribution in [0.3, 0.4) is 0 Å². The zero-order chi connectivity index (χ0) is 15.5. The van der Waals surface area contributed by atoms with E-state index in [4.69, 9.17) is 0 Å². The van der Waals surface area contributed by atoms with Gasteiger partial charge in [0.05, 0.1) is 29.3 Å². The number of aryl methyl sites for hydroxylation is 1. The van der Waals surface area contributed by atoms with Crippen molar-refractivity contribution < 1.29 is 4.79 Å². The molecule has 0 aliphatic heterocycles. The first-order chi connectivity index (χ1) is 10.7. The molecule has 3 heterocycles. The molecule has 0 bridgehead atoms. The Hall–Kier alpha value is -2.96. The number of carbonyl (C=O) groups excluding carboxylic acids is 1. The number of amides is 1. The summed E-state index contributed by atoms with van der Waals surface area (Å²) in [4.78, 5) is 16.6. The maximum Gasteiger partial charge on any atom is 0.259 e. The Labute approximate surface area is 127 Å². The molecule has 7 nitrogen and oxygen atoms in total. The van der Waals surface area contributed by atoms with E-state index in [1.54, 1.807) is 34.2 Å². The van der Waals surface area contributed by atoms with E-state index in [1.807, 2.05) is 32.0 Å². The number of pyridine rings is 1. The van der Waals surface area contributed by atoms with Crippen molar-refractivity contribution in [3.05, 3.63) is 54.2 Å². The zero-order valence-corrected chi connectivity index (χ0v) is 12.4. The molecule has 0 aliphatic carbocycles. The first-order valence-electron chi connectivity index (χ1n) is 6.99. The summed E-state index contributed by atoms with van der Waals surface area (Å²) in [7, 11) is 0. The lowest BCUT2D eigenvalue weighted by molar-refractivity contribution is 0.102. The maximum atomic E-state index is 12.4. The summed E-state index contributed by atoms with van der Waals surface area (Å²) in [6.45, 7) is 4.58. The fraction of sp³-hybridized carbons (Fsp3) is 0.200. The minimum atomic E-state index is -0.213. The van der Waals surface area contributed by atoms with Crippen LogP contribution in [0.1, 0.15) is 23.0 Å². The molecule has 0 saturated carbocycles. The van der Waals surface area contributed by atoms with Gasteiger partial charge >= 0.3 is 0 Å². The molecule has 0 atom stereocenters. The molecule has 3 aromatic heterocycles. The van der Waals surface area contributed by atoms with Gasteiger partial charge in [-0.05, 0) is 26.0 Å². The molecule has 22 heavy (non-hydrogen) atoms. The molecule has 112 valence electrons. The number of rotatable bonds is 4.